The molecule has 1 atom stereocenters. The van der Waals surface area contributed by atoms with Gasteiger partial charge in [0.1, 0.15) is 5.69 Å². The minimum atomic E-state index is -3.47. The Morgan fingerprint density at radius 2 is 2.04 bits per heavy atom. The first-order valence-corrected chi connectivity index (χ1v) is 10.7. The number of sulfonamides is 1. The Hall–Kier alpha value is -1.94. The predicted octanol–water partition coefficient (Wildman–Crippen LogP) is 1.08. The molecule has 0 spiro atoms. The molecular weight excluding hydrogens is 402 g/mol. The number of carbonyl (C=O) groups excluding carboxylic acids is 1. The minimum Gasteiger partial charge on any atom is -0.350 e. The van der Waals surface area contributed by atoms with E-state index in [9.17, 15) is 13.2 Å². The van der Waals surface area contributed by atoms with Crippen molar-refractivity contribution < 1.29 is 13.2 Å². The maximum Gasteiger partial charge on any atom is 0.271 e. The molecule has 0 radical (unpaired) electrons. The van der Waals surface area contributed by atoms with Crippen molar-refractivity contribution in [3.8, 4) is 0 Å². The number of amides is 1. The molecule has 3 N–H and O–H groups in total. The lowest BCUT2D eigenvalue weighted by atomic mass is 10.1. The maximum absolute atomic E-state index is 12.2. The molecule has 0 aliphatic carbocycles. The highest BCUT2D eigenvalue weighted by atomic mass is 35.5. The van der Waals surface area contributed by atoms with Gasteiger partial charge in [0, 0.05) is 25.8 Å². The summed E-state index contributed by atoms with van der Waals surface area (Å²) in [6, 6.07) is 11.2. The highest BCUT2D eigenvalue weighted by Crippen LogP contribution is 2.15. The Kier molecular flexibility index (Phi) is 8.43. The summed E-state index contributed by atoms with van der Waals surface area (Å²) < 4.78 is 28.4. The van der Waals surface area contributed by atoms with Crippen LogP contribution in [-0.4, -0.2) is 49.5 Å². The van der Waals surface area contributed by atoms with Gasteiger partial charge in [-0.1, -0.05) is 30.3 Å². The number of aromatic nitrogens is 2. The summed E-state index contributed by atoms with van der Waals surface area (Å²) in [4.78, 5) is 12.2. The van der Waals surface area contributed by atoms with Crippen LogP contribution in [0.5, 0.6) is 0 Å². The van der Waals surface area contributed by atoms with E-state index in [1.54, 1.807) is 16.9 Å². The van der Waals surface area contributed by atoms with E-state index in [0.29, 0.717) is 5.69 Å². The first kappa shape index (κ1) is 22.4. The Bertz CT molecular complexity index is 851. The first-order chi connectivity index (χ1) is 13.0. The molecule has 2 heterocycles. The molecule has 0 bridgehead atoms. The van der Waals surface area contributed by atoms with Crippen molar-refractivity contribution in [3.63, 3.8) is 0 Å². The molecule has 1 aromatic heterocycles. The summed E-state index contributed by atoms with van der Waals surface area (Å²) in [5, 5.41) is 10.3. The van der Waals surface area contributed by atoms with E-state index in [1.807, 2.05) is 30.3 Å². The summed E-state index contributed by atoms with van der Waals surface area (Å²) in [7, 11) is -3.47. The molecule has 10 heteroatoms. The number of piperidine rings is 1. The number of carbonyl (C=O) groups is 1. The van der Waals surface area contributed by atoms with Gasteiger partial charge in [-0.15, -0.1) is 12.4 Å². The van der Waals surface area contributed by atoms with Gasteiger partial charge < -0.3 is 10.6 Å². The van der Waals surface area contributed by atoms with Gasteiger partial charge in [0.15, 0.2) is 0 Å². The fourth-order valence-electron chi connectivity index (χ4n) is 2.97. The number of nitrogens with zero attached hydrogens (tertiary/aromatic N) is 2. The van der Waals surface area contributed by atoms with E-state index in [0.717, 1.165) is 31.5 Å². The third kappa shape index (κ3) is 6.59. The van der Waals surface area contributed by atoms with E-state index in [4.69, 9.17) is 0 Å². The number of nitrogens with one attached hydrogen (secondary N) is 3. The summed E-state index contributed by atoms with van der Waals surface area (Å²) >= 11 is 0. The average molecular weight is 428 g/mol. The zero-order valence-electron chi connectivity index (χ0n) is 15.5. The van der Waals surface area contributed by atoms with Gasteiger partial charge in [0.05, 0.1) is 11.8 Å². The number of halogens is 1. The molecule has 2 aromatic rings. The van der Waals surface area contributed by atoms with Crippen LogP contribution in [0.4, 0.5) is 0 Å². The lowest BCUT2D eigenvalue weighted by molar-refractivity contribution is 0.0949. The molecular formula is C18H26ClN5O3S. The number of hydrogen-bond acceptors (Lipinski definition) is 5. The van der Waals surface area contributed by atoms with Crippen molar-refractivity contribution in [1.29, 1.82) is 0 Å². The van der Waals surface area contributed by atoms with E-state index < -0.39 is 10.0 Å². The molecule has 1 aliphatic heterocycles. The van der Waals surface area contributed by atoms with Gasteiger partial charge in [-0.2, -0.15) is 5.10 Å². The Morgan fingerprint density at radius 1 is 1.25 bits per heavy atom. The van der Waals surface area contributed by atoms with Crippen LogP contribution in [0.2, 0.25) is 0 Å². The van der Waals surface area contributed by atoms with Crippen LogP contribution < -0.4 is 15.4 Å². The van der Waals surface area contributed by atoms with Crippen LogP contribution in [0.25, 0.3) is 0 Å². The van der Waals surface area contributed by atoms with Crippen molar-refractivity contribution in [2.75, 3.05) is 25.4 Å². The van der Waals surface area contributed by atoms with E-state index in [2.05, 4.69) is 20.5 Å². The van der Waals surface area contributed by atoms with E-state index in [-0.39, 0.29) is 43.2 Å². The highest BCUT2D eigenvalue weighted by Gasteiger charge is 2.18. The van der Waals surface area contributed by atoms with E-state index in [1.165, 1.54) is 0 Å². The largest absolute Gasteiger partial charge is 0.350 e. The zero-order valence-corrected chi connectivity index (χ0v) is 17.1. The molecule has 0 saturated carbocycles. The number of rotatable bonds is 8. The Labute approximate surface area is 171 Å². The minimum absolute atomic E-state index is 0. The maximum atomic E-state index is 12.2. The van der Waals surface area contributed by atoms with Gasteiger partial charge >= 0.3 is 0 Å². The van der Waals surface area contributed by atoms with Crippen molar-refractivity contribution in [3.05, 3.63) is 53.9 Å². The number of benzene rings is 1. The van der Waals surface area contributed by atoms with Crippen molar-refractivity contribution in [2.24, 2.45) is 0 Å². The number of hydrogen-bond donors (Lipinski definition) is 3. The highest BCUT2D eigenvalue weighted by molar-refractivity contribution is 7.89. The van der Waals surface area contributed by atoms with Gasteiger partial charge in [-0.05, 0) is 31.0 Å². The fraction of sp³-hybridized carbons (Fsp3) is 0.444. The van der Waals surface area contributed by atoms with Crippen LogP contribution in [0, 0.1) is 0 Å². The normalized spacial score (nSPS) is 16.9. The van der Waals surface area contributed by atoms with Crippen LogP contribution in [-0.2, 0) is 16.6 Å². The third-order valence-electron chi connectivity index (χ3n) is 4.48. The summed E-state index contributed by atoms with van der Waals surface area (Å²) in [6.07, 6.45) is 3.91. The summed E-state index contributed by atoms with van der Waals surface area (Å²) in [6.45, 7) is 2.11. The molecule has 8 nitrogen and oxygen atoms in total. The van der Waals surface area contributed by atoms with E-state index >= 15 is 0 Å². The SMILES string of the molecule is Cl.O=C(NCCS(=O)(=O)NCc1ccccc1)c1ccn(C2CCCNC2)n1. The predicted molar refractivity (Wildman–Crippen MR) is 110 cm³/mol. The zero-order chi connectivity index (χ0) is 19.1. The Balaban J connectivity index is 0.00000280. The second-order valence-electron chi connectivity index (χ2n) is 6.56. The molecule has 1 aromatic carbocycles. The fourth-order valence-corrected chi connectivity index (χ4v) is 3.87. The molecule has 1 amide bonds. The topological polar surface area (TPSA) is 105 Å². The van der Waals surface area contributed by atoms with Crippen LogP contribution in [0.3, 0.4) is 0 Å². The van der Waals surface area contributed by atoms with Crippen molar-refractivity contribution in [1.82, 2.24) is 25.1 Å². The van der Waals surface area contributed by atoms with Gasteiger partial charge in [-0.25, -0.2) is 13.1 Å². The lowest BCUT2D eigenvalue weighted by Gasteiger charge is -2.22. The molecule has 1 fully saturated rings. The van der Waals surface area contributed by atoms with Crippen LogP contribution in [0.15, 0.2) is 42.6 Å². The first-order valence-electron chi connectivity index (χ1n) is 9.09. The molecule has 154 valence electrons. The summed E-state index contributed by atoms with van der Waals surface area (Å²) in [5.74, 6) is -0.547. The van der Waals surface area contributed by atoms with Crippen LogP contribution >= 0.6 is 12.4 Å². The van der Waals surface area contributed by atoms with Crippen LogP contribution in [0.1, 0.15) is 34.9 Å². The van der Waals surface area contributed by atoms with Gasteiger partial charge in [0.2, 0.25) is 10.0 Å². The molecule has 3 rings (SSSR count). The van der Waals surface area contributed by atoms with Crippen molar-refractivity contribution in [2.45, 2.75) is 25.4 Å². The molecule has 1 aliphatic rings. The third-order valence-corrected chi connectivity index (χ3v) is 5.81. The summed E-state index contributed by atoms with van der Waals surface area (Å²) in [5.41, 5.74) is 1.18. The molecule has 1 saturated heterocycles. The van der Waals surface area contributed by atoms with Crippen molar-refractivity contribution >= 4 is 28.3 Å². The quantitative estimate of drug-likeness (QED) is 0.584. The smallest absolute Gasteiger partial charge is 0.271 e. The Morgan fingerprint density at radius 3 is 2.75 bits per heavy atom. The lowest BCUT2D eigenvalue weighted by Crippen LogP contribution is -2.34. The molecule has 1 unspecified atom stereocenters. The van der Waals surface area contributed by atoms with Gasteiger partial charge in [0.25, 0.3) is 5.91 Å². The second kappa shape index (κ2) is 10.6. The second-order valence-corrected chi connectivity index (χ2v) is 8.49. The average Bonchev–Trinajstić information content (AvgIpc) is 3.18. The monoisotopic (exact) mass is 427 g/mol. The van der Waals surface area contributed by atoms with Gasteiger partial charge in [-0.3, -0.25) is 9.48 Å². The molecule has 28 heavy (non-hydrogen) atoms. The standard InChI is InChI=1S/C18H25N5O3S.ClH/c24-18(17-8-11-23(22-17)16-7-4-9-19-14-16)20-10-12-27(25,26)21-13-15-5-2-1-3-6-15;/h1-3,5-6,8,11,16,19,21H,4,7,9-10,12-14H2,(H,20,24);1H.